The molecule has 5 heteroatoms. The Kier molecular flexibility index (Phi) is 2.45. The largest absolute Gasteiger partial charge is 0.507 e. The molecule has 90 valence electrons. The Labute approximate surface area is 107 Å². The summed E-state index contributed by atoms with van der Waals surface area (Å²) in [5, 5.41) is 10.2. The summed E-state index contributed by atoms with van der Waals surface area (Å²) in [4.78, 5) is 7.34. The van der Waals surface area contributed by atoms with Crippen molar-refractivity contribution in [2.45, 2.75) is 0 Å². The third-order valence-corrected chi connectivity index (χ3v) is 2.98. The minimum atomic E-state index is -0.495. The Morgan fingerprint density at radius 2 is 2.06 bits per heavy atom. The van der Waals surface area contributed by atoms with Crippen LogP contribution in [0.5, 0.6) is 5.75 Å². The number of nitrogens with zero attached hydrogens (tertiary/aromatic N) is 1. The number of aromatic hydroxyl groups is 1. The van der Waals surface area contributed by atoms with E-state index in [9.17, 15) is 9.50 Å². The first kappa shape index (κ1) is 11.0. The van der Waals surface area contributed by atoms with Crippen LogP contribution in [0.15, 0.2) is 36.4 Å². The molecule has 1 heterocycles. The number of fused-ring (bicyclic) bond motifs is 1. The Morgan fingerprint density at radius 1 is 1.22 bits per heavy atom. The van der Waals surface area contributed by atoms with E-state index in [4.69, 9.17) is 11.6 Å². The molecule has 0 aliphatic rings. The van der Waals surface area contributed by atoms with Gasteiger partial charge in [0.25, 0.3) is 0 Å². The summed E-state index contributed by atoms with van der Waals surface area (Å²) in [6, 6.07) is 9.15. The topological polar surface area (TPSA) is 48.9 Å². The van der Waals surface area contributed by atoms with Crippen LogP contribution in [0.3, 0.4) is 0 Å². The molecule has 1 aromatic heterocycles. The third kappa shape index (κ3) is 1.71. The van der Waals surface area contributed by atoms with Gasteiger partial charge >= 0.3 is 0 Å². The average Bonchev–Trinajstić information content (AvgIpc) is 2.74. The van der Waals surface area contributed by atoms with Crippen molar-refractivity contribution in [1.29, 1.82) is 0 Å². The molecule has 0 spiro atoms. The molecule has 0 aliphatic carbocycles. The maximum absolute atomic E-state index is 12.9. The monoisotopic (exact) mass is 262 g/mol. The van der Waals surface area contributed by atoms with Crippen LogP contribution in [0, 0.1) is 5.82 Å². The molecule has 0 radical (unpaired) electrons. The maximum atomic E-state index is 12.9. The number of para-hydroxylation sites is 1. The van der Waals surface area contributed by atoms with Crippen LogP contribution in [-0.2, 0) is 0 Å². The van der Waals surface area contributed by atoms with Gasteiger partial charge in [-0.05, 0) is 24.3 Å². The van der Waals surface area contributed by atoms with Gasteiger partial charge in [0, 0.05) is 6.07 Å². The first-order valence-corrected chi connectivity index (χ1v) is 5.66. The van der Waals surface area contributed by atoms with Gasteiger partial charge in [0.2, 0.25) is 0 Å². The Morgan fingerprint density at radius 3 is 2.78 bits per heavy atom. The first-order chi connectivity index (χ1) is 8.65. The lowest BCUT2D eigenvalue weighted by Gasteiger charge is -2.00. The molecule has 0 bridgehead atoms. The molecule has 0 amide bonds. The fourth-order valence-corrected chi connectivity index (χ4v) is 2.05. The molecule has 0 unspecified atom stereocenters. The van der Waals surface area contributed by atoms with Crippen LogP contribution in [0.1, 0.15) is 0 Å². The lowest BCUT2D eigenvalue weighted by Crippen LogP contribution is -1.83. The summed E-state index contributed by atoms with van der Waals surface area (Å²) in [6.07, 6.45) is 0. The minimum Gasteiger partial charge on any atom is -0.507 e. The normalized spacial score (nSPS) is 11.0. The molecule has 0 atom stereocenters. The molecular weight excluding hydrogens is 255 g/mol. The van der Waals surface area contributed by atoms with Crippen LogP contribution in [0.25, 0.3) is 22.4 Å². The van der Waals surface area contributed by atoms with Crippen molar-refractivity contribution in [3.8, 4) is 17.1 Å². The molecule has 0 saturated carbocycles. The number of aromatic amines is 1. The number of benzene rings is 2. The van der Waals surface area contributed by atoms with Gasteiger partial charge in [-0.25, -0.2) is 9.37 Å². The second kappa shape index (κ2) is 3.99. The lowest BCUT2D eigenvalue weighted by atomic mass is 10.2. The van der Waals surface area contributed by atoms with E-state index in [2.05, 4.69) is 9.97 Å². The Hall–Kier alpha value is -2.07. The summed E-state index contributed by atoms with van der Waals surface area (Å²) in [5.41, 5.74) is 1.82. The number of phenols is 1. The molecule has 0 aliphatic heterocycles. The summed E-state index contributed by atoms with van der Waals surface area (Å²) < 4.78 is 12.9. The van der Waals surface area contributed by atoms with Crippen molar-refractivity contribution in [2.24, 2.45) is 0 Å². The number of aromatic nitrogens is 2. The van der Waals surface area contributed by atoms with Crippen LogP contribution in [0.2, 0.25) is 5.02 Å². The smallest absolute Gasteiger partial charge is 0.142 e. The average molecular weight is 263 g/mol. The standard InChI is InChI=1S/C13H8ClFN2O/c14-9-2-1-3-10-12(9)17-13(16-10)8-5-4-7(15)6-11(8)18/h1-6,18H,(H,16,17). The second-order valence-electron chi connectivity index (χ2n) is 3.88. The lowest BCUT2D eigenvalue weighted by molar-refractivity contribution is 0.471. The quantitative estimate of drug-likeness (QED) is 0.702. The van der Waals surface area contributed by atoms with Crippen molar-refractivity contribution in [2.75, 3.05) is 0 Å². The van der Waals surface area contributed by atoms with E-state index in [1.807, 2.05) is 6.07 Å². The fourth-order valence-electron chi connectivity index (χ4n) is 1.83. The molecular formula is C13H8ClFN2O. The third-order valence-electron chi connectivity index (χ3n) is 2.68. The molecule has 0 fully saturated rings. The van der Waals surface area contributed by atoms with Gasteiger partial charge in [-0.1, -0.05) is 17.7 Å². The van der Waals surface area contributed by atoms with Gasteiger partial charge in [-0.3, -0.25) is 0 Å². The van der Waals surface area contributed by atoms with Crippen LogP contribution < -0.4 is 0 Å². The van der Waals surface area contributed by atoms with Gasteiger partial charge < -0.3 is 10.1 Å². The zero-order chi connectivity index (χ0) is 12.7. The fraction of sp³-hybridized carbons (Fsp3) is 0. The Bertz CT molecular complexity index is 739. The van der Waals surface area contributed by atoms with E-state index in [0.717, 1.165) is 11.6 Å². The van der Waals surface area contributed by atoms with Crippen LogP contribution in [-0.4, -0.2) is 15.1 Å². The number of imidazole rings is 1. The van der Waals surface area contributed by atoms with Gasteiger partial charge in [-0.15, -0.1) is 0 Å². The molecule has 0 saturated heterocycles. The summed E-state index contributed by atoms with van der Waals surface area (Å²) in [5.74, 6) is -0.203. The van der Waals surface area contributed by atoms with Gasteiger partial charge in [-0.2, -0.15) is 0 Å². The van der Waals surface area contributed by atoms with E-state index in [-0.39, 0.29) is 5.75 Å². The predicted molar refractivity (Wildman–Crippen MR) is 68.2 cm³/mol. The highest BCUT2D eigenvalue weighted by Crippen LogP contribution is 2.30. The maximum Gasteiger partial charge on any atom is 0.142 e. The number of halogens is 2. The minimum absolute atomic E-state index is 0.162. The number of H-pyrrole nitrogens is 1. The van der Waals surface area contributed by atoms with E-state index in [1.54, 1.807) is 12.1 Å². The molecule has 3 rings (SSSR count). The highest BCUT2D eigenvalue weighted by molar-refractivity contribution is 6.35. The van der Waals surface area contributed by atoms with Crippen molar-refractivity contribution in [3.05, 3.63) is 47.2 Å². The van der Waals surface area contributed by atoms with E-state index < -0.39 is 5.82 Å². The predicted octanol–water partition coefficient (Wildman–Crippen LogP) is 3.73. The summed E-state index contributed by atoms with van der Waals surface area (Å²) in [6.45, 7) is 0. The van der Waals surface area contributed by atoms with Gasteiger partial charge in [0.05, 0.1) is 16.1 Å². The van der Waals surface area contributed by atoms with Crippen LogP contribution >= 0.6 is 11.6 Å². The van der Waals surface area contributed by atoms with Crippen LogP contribution in [0.4, 0.5) is 4.39 Å². The van der Waals surface area contributed by atoms with Gasteiger partial charge in [0.15, 0.2) is 0 Å². The summed E-state index contributed by atoms with van der Waals surface area (Å²) >= 11 is 6.02. The number of hydrogen-bond acceptors (Lipinski definition) is 2. The highest BCUT2D eigenvalue weighted by atomic mass is 35.5. The van der Waals surface area contributed by atoms with E-state index in [1.165, 1.54) is 12.1 Å². The second-order valence-corrected chi connectivity index (χ2v) is 4.29. The molecule has 2 aromatic carbocycles. The molecule has 3 aromatic rings. The van der Waals surface area contributed by atoms with Crippen molar-refractivity contribution in [1.82, 2.24) is 9.97 Å². The molecule has 2 N–H and O–H groups in total. The number of nitrogens with one attached hydrogen (secondary N) is 1. The highest BCUT2D eigenvalue weighted by Gasteiger charge is 2.11. The number of phenolic OH excluding ortho intramolecular Hbond substituents is 1. The SMILES string of the molecule is Oc1cc(F)ccc1-c1nc2c(Cl)cccc2[nH]1. The number of rotatable bonds is 1. The number of hydrogen-bond donors (Lipinski definition) is 2. The molecule has 18 heavy (non-hydrogen) atoms. The van der Waals surface area contributed by atoms with Crippen molar-refractivity contribution >= 4 is 22.6 Å². The molecule has 3 nitrogen and oxygen atoms in total. The Balaban J connectivity index is 2.23. The zero-order valence-corrected chi connectivity index (χ0v) is 9.87. The van der Waals surface area contributed by atoms with Gasteiger partial charge in [0.1, 0.15) is 22.9 Å². The van der Waals surface area contributed by atoms with E-state index in [0.29, 0.717) is 21.9 Å². The van der Waals surface area contributed by atoms with Crippen molar-refractivity contribution in [3.63, 3.8) is 0 Å². The van der Waals surface area contributed by atoms with E-state index >= 15 is 0 Å². The zero-order valence-electron chi connectivity index (χ0n) is 9.11. The van der Waals surface area contributed by atoms with Crippen molar-refractivity contribution < 1.29 is 9.50 Å². The summed E-state index contributed by atoms with van der Waals surface area (Å²) in [7, 11) is 0. The first-order valence-electron chi connectivity index (χ1n) is 5.28.